The number of nitrogens with one attached hydrogen (secondary N) is 1. The highest BCUT2D eigenvalue weighted by Gasteiger charge is 2.18. The van der Waals surface area contributed by atoms with Crippen LogP contribution in [-0.4, -0.2) is 22.8 Å². The van der Waals surface area contributed by atoms with E-state index >= 15 is 0 Å². The largest absolute Gasteiger partial charge is 0.493 e. The number of carbonyl (C=O) groups is 1. The summed E-state index contributed by atoms with van der Waals surface area (Å²) in [5.41, 5.74) is 1.04. The Morgan fingerprint density at radius 2 is 2.25 bits per heavy atom. The minimum Gasteiger partial charge on any atom is -0.493 e. The third kappa shape index (κ3) is 2.79. The number of hydrogen-bond acceptors (Lipinski definition) is 3. The van der Waals surface area contributed by atoms with Gasteiger partial charge in [0.1, 0.15) is 0 Å². The molecule has 0 radical (unpaired) electrons. The van der Waals surface area contributed by atoms with Crippen molar-refractivity contribution in [1.82, 2.24) is 15.1 Å². The SMILES string of the molecule is COc1c(F)cccc1C(=O)NC(C)c1cnn(C)c1. The molecule has 1 atom stereocenters. The van der Waals surface area contributed by atoms with Crippen molar-refractivity contribution in [3.8, 4) is 5.75 Å². The second-order valence-electron chi connectivity index (χ2n) is 4.46. The third-order valence-electron chi connectivity index (χ3n) is 2.99. The van der Waals surface area contributed by atoms with E-state index in [-0.39, 0.29) is 17.4 Å². The van der Waals surface area contributed by atoms with Crippen molar-refractivity contribution in [3.05, 3.63) is 47.5 Å². The predicted octanol–water partition coefficient (Wildman–Crippen LogP) is 2.06. The van der Waals surface area contributed by atoms with Gasteiger partial charge in [0.05, 0.1) is 24.9 Å². The summed E-state index contributed by atoms with van der Waals surface area (Å²) < 4.78 is 20.1. The highest BCUT2D eigenvalue weighted by atomic mass is 19.1. The lowest BCUT2D eigenvalue weighted by Gasteiger charge is -2.14. The van der Waals surface area contributed by atoms with Crippen molar-refractivity contribution in [2.45, 2.75) is 13.0 Å². The number of hydrogen-bond donors (Lipinski definition) is 1. The molecule has 1 N–H and O–H groups in total. The molecule has 1 heterocycles. The molecule has 20 heavy (non-hydrogen) atoms. The normalized spacial score (nSPS) is 12.0. The number of aromatic nitrogens is 2. The van der Waals surface area contributed by atoms with Gasteiger partial charge in [-0.15, -0.1) is 0 Å². The quantitative estimate of drug-likeness (QED) is 0.930. The van der Waals surface area contributed by atoms with Crippen LogP contribution in [0.25, 0.3) is 0 Å². The summed E-state index contributed by atoms with van der Waals surface area (Å²) in [6.45, 7) is 1.83. The molecule has 1 amide bonds. The maximum atomic E-state index is 13.6. The second-order valence-corrected chi connectivity index (χ2v) is 4.46. The number of halogens is 1. The van der Waals surface area contributed by atoms with Gasteiger partial charge in [-0.25, -0.2) is 4.39 Å². The Hall–Kier alpha value is -2.37. The lowest BCUT2D eigenvalue weighted by Crippen LogP contribution is -2.27. The van der Waals surface area contributed by atoms with Crippen LogP contribution < -0.4 is 10.1 Å². The summed E-state index contributed by atoms with van der Waals surface area (Å²) in [6.07, 6.45) is 3.49. The summed E-state index contributed by atoms with van der Waals surface area (Å²) >= 11 is 0. The minimum atomic E-state index is -0.561. The van der Waals surface area contributed by atoms with Gasteiger partial charge in [0.25, 0.3) is 5.91 Å². The maximum Gasteiger partial charge on any atom is 0.255 e. The molecule has 0 saturated heterocycles. The molecule has 0 spiro atoms. The van der Waals surface area contributed by atoms with Gasteiger partial charge in [-0.05, 0) is 19.1 Å². The van der Waals surface area contributed by atoms with Crippen LogP contribution in [0.4, 0.5) is 4.39 Å². The van der Waals surface area contributed by atoms with Crippen LogP contribution in [0.3, 0.4) is 0 Å². The average Bonchev–Trinajstić information content (AvgIpc) is 2.85. The molecular weight excluding hydrogens is 261 g/mol. The van der Waals surface area contributed by atoms with Crippen LogP contribution in [0.15, 0.2) is 30.6 Å². The zero-order valence-electron chi connectivity index (χ0n) is 11.6. The number of aryl methyl sites for hydroxylation is 1. The monoisotopic (exact) mass is 277 g/mol. The third-order valence-corrected chi connectivity index (χ3v) is 2.99. The van der Waals surface area contributed by atoms with Crippen LogP contribution in [0.1, 0.15) is 28.9 Å². The molecule has 5 nitrogen and oxygen atoms in total. The first-order valence-electron chi connectivity index (χ1n) is 6.15. The zero-order chi connectivity index (χ0) is 14.7. The van der Waals surface area contributed by atoms with Gasteiger partial charge in [0, 0.05) is 18.8 Å². The predicted molar refractivity (Wildman–Crippen MR) is 72.0 cm³/mol. The summed E-state index contributed by atoms with van der Waals surface area (Å²) in [4.78, 5) is 12.2. The molecule has 1 aromatic carbocycles. The van der Waals surface area contributed by atoms with Crippen LogP contribution >= 0.6 is 0 Å². The molecule has 0 fully saturated rings. The van der Waals surface area contributed by atoms with Gasteiger partial charge in [-0.2, -0.15) is 5.10 Å². The van der Waals surface area contributed by atoms with E-state index in [0.717, 1.165) is 5.56 Å². The van der Waals surface area contributed by atoms with Crippen molar-refractivity contribution in [1.29, 1.82) is 0 Å². The summed E-state index contributed by atoms with van der Waals surface area (Å²) in [7, 11) is 3.13. The Morgan fingerprint density at radius 1 is 1.50 bits per heavy atom. The van der Waals surface area contributed by atoms with Gasteiger partial charge < -0.3 is 10.1 Å². The van der Waals surface area contributed by atoms with E-state index in [4.69, 9.17) is 4.74 Å². The highest BCUT2D eigenvalue weighted by Crippen LogP contribution is 2.23. The fourth-order valence-corrected chi connectivity index (χ4v) is 1.92. The van der Waals surface area contributed by atoms with E-state index in [1.807, 2.05) is 13.1 Å². The van der Waals surface area contributed by atoms with Crippen LogP contribution in [0.2, 0.25) is 0 Å². The first-order valence-corrected chi connectivity index (χ1v) is 6.15. The van der Waals surface area contributed by atoms with Gasteiger partial charge in [-0.1, -0.05) is 6.07 Å². The number of carbonyl (C=O) groups excluding carboxylic acids is 1. The number of rotatable bonds is 4. The van der Waals surface area contributed by atoms with Crippen LogP contribution in [0, 0.1) is 5.82 Å². The van der Waals surface area contributed by atoms with Crippen LogP contribution in [0.5, 0.6) is 5.75 Å². The van der Waals surface area contributed by atoms with Crippen molar-refractivity contribution < 1.29 is 13.9 Å². The van der Waals surface area contributed by atoms with Gasteiger partial charge in [-0.3, -0.25) is 9.48 Å². The molecule has 106 valence electrons. The Bertz CT molecular complexity index is 625. The van der Waals surface area contributed by atoms with Crippen molar-refractivity contribution in [2.24, 2.45) is 7.05 Å². The van der Waals surface area contributed by atoms with Gasteiger partial charge >= 0.3 is 0 Å². The molecule has 1 aromatic heterocycles. The first-order chi connectivity index (χ1) is 9.52. The van der Waals surface area contributed by atoms with E-state index in [0.29, 0.717) is 0 Å². The maximum absolute atomic E-state index is 13.6. The fraction of sp³-hybridized carbons (Fsp3) is 0.286. The number of benzene rings is 1. The molecule has 2 rings (SSSR count). The number of amides is 1. The number of ether oxygens (including phenoxy) is 1. The van der Waals surface area contributed by atoms with Crippen molar-refractivity contribution >= 4 is 5.91 Å². The Labute approximate surface area is 116 Å². The lowest BCUT2D eigenvalue weighted by atomic mass is 10.1. The minimum absolute atomic E-state index is 0.0524. The standard InChI is InChI=1S/C14H16FN3O2/c1-9(10-7-16-18(2)8-10)17-14(19)11-5-4-6-12(15)13(11)20-3/h4-9H,1-3H3,(H,17,19). The average molecular weight is 277 g/mol. The Morgan fingerprint density at radius 3 is 2.85 bits per heavy atom. The summed E-state index contributed by atoms with van der Waals surface area (Å²) in [5.74, 6) is -1.00. The van der Waals surface area contributed by atoms with Crippen LogP contribution in [-0.2, 0) is 7.05 Å². The molecule has 2 aromatic rings. The molecule has 0 aliphatic heterocycles. The fourth-order valence-electron chi connectivity index (χ4n) is 1.92. The van der Waals surface area contributed by atoms with E-state index < -0.39 is 11.7 Å². The molecule has 1 unspecified atom stereocenters. The Balaban J connectivity index is 2.18. The smallest absolute Gasteiger partial charge is 0.255 e. The molecule has 6 heteroatoms. The summed E-state index contributed by atoms with van der Waals surface area (Å²) in [6, 6.07) is 4.01. The number of para-hydroxylation sites is 1. The molecule has 0 aliphatic carbocycles. The number of nitrogens with zero attached hydrogens (tertiary/aromatic N) is 2. The zero-order valence-corrected chi connectivity index (χ0v) is 11.6. The van der Waals surface area contributed by atoms with Crippen molar-refractivity contribution in [2.75, 3.05) is 7.11 Å². The molecule has 0 bridgehead atoms. The number of methoxy groups -OCH3 is 1. The second kappa shape index (κ2) is 5.73. The van der Waals surface area contributed by atoms with Gasteiger partial charge in [0.15, 0.2) is 11.6 Å². The van der Waals surface area contributed by atoms with E-state index in [1.165, 1.54) is 25.3 Å². The van der Waals surface area contributed by atoms with Crippen molar-refractivity contribution in [3.63, 3.8) is 0 Å². The topological polar surface area (TPSA) is 56.1 Å². The highest BCUT2D eigenvalue weighted by molar-refractivity contribution is 5.97. The molecule has 0 aliphatic rings. The van der Waals surface area contributed by atoms with E-state index in [2.05, 4.69) is 10.4 Å². The van der Waals surface area contributed by atoms with E-state index in [9.17, 15) is 9.18 Å². The Kier molecular flexibility index (Phi) is 4.02. The first kappa shape index (κ1) is 14.0. The van der Waals surface area contributed by atoms with E-state index in [1.54, 1.807) is 17.9 Å². The molecule has 0 saturated carbocycles. The van der Waals surface area contributed by atoms with Gasteiger partial charge in [0.2, 0.25) is 0 Å². The lowest BCUT2D eigenvalue weighted by molar-refractivity contribution is 0.0936. The summed E-state index contributed by atoms with van der Waals surface area (Å²) in [5, 5.41) is 6.84. The molecular formula is C14H16FN3O2.